The molecule has 7 heteroatoms. The number of methoxy groups -OCH3 is 2. The summed E-state index contributed by atoms with van der Waals surface area (Å²) in [6, 6.07) is 24.6. The Morgan fingerprint density at radius 1 is 0.930 bits per heavy atom. The Hall–Kier alpha value is -3.29. The molecule has 1 fully saturated rings. The van der Waals surface area contributed by atoms with Gasteiger partial charge in [0.1, 0.15) is 11.9 Å². The van der Waals surface area contributed by atoms with E-state index >= 15 is 0 Å². The smallest absolute Gasteiger partial charge is 0.251 e. The summed E-state index contributed by atoms with van der Waals surface area (Å²) < 4.78 is 17.3. The zero-order chi connectivity index (χ0) is 30.6. The van der Waals surface area contributed by atoms with Crippen molar-refractivity contribution in [1.82, 2.24) is 10.2 Å². The van der Waals surface area contributed by atoms with Crippen LogP contribution in [0.4, 0.5) is 0 Å². The predicted octanol–water partition coefficient (Wildman–Crippen LogP) is 7.02. The maximum Gasteiger partial charge on any atom is 0.251 e. The molecule has 1 N–H and O–H groups in total. The molecule has 1 atom stereocenters. The fraction of sp³-hybridized carbons (Fsp3) is 0.472. The van der Waals surface area contributed by atoms with Gasteiger partial charge in [-0.3, -0.25) is 4.79 Å². The van der Waals surface area contributed by atoms with E-state index in [9.17, 15) is 4.79 Å². The summed E-state index contributed by atoms with van der Waals surface area (Å²) in [4.78, 5) is 15.2. The van der Waals surface area contributed by atoms with E-state index in [1.165, 1.54) is 36.5 Å². The molecule has 1 saturated heterocycles. The number of rotatable bonds is 12. The van der Waals surface area contributed by atoms with E-state index in [0.29, 0.717) is 12.1 Å². The van der Waals surface area contributed by atoms with Gasteiger partial charge in [-0.2, -0.15) is 0 Å². The Bertz CT molecular complexity index is 1310. The van der Waals surface area contributed by atoms with Crippen LogP contribution in [0.2, 0.25) is 18.1 Å². The van der Waals surface area contributed by atoms with Crippen LogP contribution in [0.15, 0.2) is 60.7 Å². The van der Waals surface area contributed by atoms with Crippen molar-refractivity contribution in [3.05, 3.63) is 77.4 Å². The van der Waals surface area contributed by atoms with Crippen molar-refractivity contribution in [2.24, 2.45) is 0 Å². The number of hydrogen-bond donors (Lipinski definition) is 1. The summed E-state index contributed by atoms with van der Waals surface area (Å²) in [5.41, 5.74) is 5.02. The van der Waals surface area contributed by atoms with E-state index in [1.54, 1.807) is 14.2 Å². The highest BCUT2D eigenvalue weighted by Crippen LogP contribution is 2.40. The van der Waals surface area contributed by atoms with Gasteiger partial charge in [0.05, 0.1) is 14.2 Å². The van der Waals surface area contributed by atoms with Crippen LogP contribution in [0.5, 0.6) is 17.2 Å². The van der Waals surface area contributed by atoms with Crippen LogP contribution < -0.4 is 19.5 Å². The number of fused-ring (bicyclic) bond motifs is 1. The van der Waals surface area contributed by atoms with Crippen LogP contribution in [-0.2, 0) is 12.8 Å². The fourth-order valence-electron chi connectivity index (χ4n) is 6.08. The summed E-state index contributed by atoms with van der Waals surface area (Å²) in [5, 5.41) is 3.08. The van der Waals surface area contributed by atoms with E-state index in [0.717, 1.165) is 66.4 Å². The molecule has 43 heavy (non-hydrogen) atoms. The highest BCUT2D eigenvalue weighted by Gasteiger charge is 2.26. The third-order valence-corrected chi connectivity index (χ3v) is 12.3. The number of carbonyl (C=O) groups excluding carboxylic acids is 1. The van der Waals surface area contributed by atoms with Gasteiger partial charge in [0.2, 0.25) is 0 Å². The lowest BCUT2D eigenvalue weighted by Gasteiger charge is -2.15. The Morgan fingerprint density at radius 3 is 2.33 bits per heavy atom. The lowest BCUT2D eigenvalue weighted by Crippen LogP contribution is -2.33. The van der Waals surface area contributed by atoms with Crippen LogP contribution in [0.1, 0.15) is 55.1 Å². The highest BCUT2D eigenvalue weighted by molar-refractivity contribution is 6.58. The highest BCUT2D eigenvalue weighted by atomic mass is 28.3. The van der Waals surface area contributed by atoms with Gasteiger partial charge in [-0.05, 0) is 66.9 Å². The second kappa shape index (κ2) is 16.5. The molecule has 3 aromatic rings. The SMILES string of the molecule is CC[SiH](CC)CC.COc1ccc(CC2Cc3cccc(-c4cccc(C(=O)NCCN5CCCC5)c4)c3O2)cc1OC. The molecular weight excluding hydrogens is 552 g/mol. The molecule has 2 aliphatic heterocycles. The monoisotopic (exact) mass is 602 g/mol. The molecule has 6 nitrogen and oxygen atoms in total. The van der Waals surface area contributed by atoms with Crippen LogP contribution in [0, 0.1) is 0 Å². The summed E-state index contributed by atoms with van der Waals surface area (Å²) in [7, 11) is 3.12. The minimum Gasteiger partial charge on any atom is -0.493 e. The van der Waals surface area contributed by atoms with Crippen molar-refractivity contribution >= 4 is 14.7 Å². The molecule has 3 aromatic carbocycles. The largest absolute Gasteiger partial charge is 0.493 e. The van der Waals surface area contributed by atoms with Gasteiger partial charge in [0, 0.05) is 45.9 Å². The van der Waals surface area contributed by atoms with Gasteiger partial charge in [-0.25, -0.2) is 0 Å². The van der Waals surface area contributed by atoms with E-state index in [1.807, 2.05) is 36.4 Å². The third kappa shape index (κ3) is 8.86. The Balaban J connectivity index is 0.000000541. The second-order valence-corrected chi connectivity index (χ2v) is 15.8. The molecule has 0 saturated carbocycles. The Kier molecular flexibility index (Phi) is 12.5. The molecule has 0 aliphatic carbocycles. The van der Waals surface area contributed by atoms with Crippen LogP contribution >= 0.6 is 0 Å². The summed E-state index contributed by atoms with van der Waals surface area (Å²) in [6.45, 7) is 10.8. The van der Waals surface area contributed by atoms with Crippen molar-refractivity contribution in [3.63, 3.8) is 0 Å². The lowest BCUT2D eigenvalue weighted by atomic mass is 9.98. The normalized spacial score (nSPS) is 15.8. The number of ether oxygens (including phenoxy) is 3. The summed E-state index contributed by atoms with van der Waals surface area (Å²) in [5.74, 6) is 2.33. The number of likely N-dealkylation sites (tertiary alicyclic amines) is 1. The summed E-state index contributed by atoms with van der Waals surface area (Å²) in [6.07, 6.45) is 4.17. The van der Waals surface area contributed by atoms with E-state index in [-0.39, 0.29) is 20.8 Å². The van der Waals surface area contributed by atoms with Gasteiger partial charge in [-0.1, -0.05) is 75.3 Å². The number of carbonyl (C=O) groups is 1. The van der Waals surface area contributed by atoms with Crippen molar-refractivity contribution in [2.45, 2.75) is 70.7 Å². The minimum absolute atomic E-state index is 0.0316. The predicted molar refractivity (Wildman–Crippen MR) is 180 cm³/mol. The fourth-order valence-corrected chi connectivity index (χ4v) is 7.81. The molecule has 5 rings (SSSR count). The van der Waals surface area contributed by atoms with Gasteiger partial charge in [0.15, 0.2) is 11.5 Å². The number of para-hydroxylation sites is 1. The molecule has 0 aromatic heterocycles. The molecule has 2 aliphatic rings. The molecular formula is C36H50N2O4Si. The quantitative estimate of drug-likeness (QED) is 0.226. The maximum absolute atomic E-state index is 12.8. The number of hydrogen-bond acceptors (Lipinski definition) is 5. The molecule has 2 heterocycles. The van der Waals surface area contributed by atoms with Gasteiger partial charge >= 0.3 is 0 Å². The molecule has 1 amide bonds. The first-order chi connectivity index (χ1) is 21.0. The molecule has 1 unspecified atom stereocenters. The van der Waals surface area contributed by atoms with Crippen LogP contribution in [0.3, 0.4) is 0 Å². The molecule has 0 bridgehead atoms. The number of amides is 1. The molecule has 0 spiro atoms. The van der Waals surface area contributed by atoms with Gasteiger partial charge in [-0.15, -0.1) is 0 Å². The zero-order valence-corrected chi connectivity index (χ0v) is 27.9. The lowest BCUT2D eigenvalue weighted by molar-refractivity contribution is 0.0949. The van der Waals surface area contributed by atoms with Crippen LogP contribution in [0.25, 0.3) is 11.1 Å². The second-order valence-electron chi connectivity index (χ2n) is 11.6. The standard InChI is InChI=1S/C30H34N2O4.C6H16Si/c1-34-27-12-11-21(18-28(27)35-2)17-25-20-23-8-6-10-26(29(23)36-25)22-7-5-9-24(19-22)30(33)31-13-16-32-14-3-4-15-32;1-4-7(5-2)6-3/h5-12,18-19,25H,3-4,13-17,20H2,1-2H3,(H,31,33);7H,4-6H2,1-3H3. The van der Waals surface area contributed by atoms with Gasteiger partial charge < -0.3 is 24.4 Å². The summed E-state index contributed by atoms with van der Waals surface area (Å²) >= 11 is 0. The van der Waals surface area contributed by atoms with E-state index in [2.05, 4.69) is 55.3 Å². The topological polar surface area (TPSA) is 60.0 Å². The average molecular weight is 603 g/mol. The first kappa shape index (κ1) is 32.6. The van der Waals surface area contributed by atoms with E-state index in [4.69, 9.17) is 14.2 Å². The minimum atomic E-state index is -0.171. The zero-order valence-electron chi connectivity index (χ0n) is 26.8. The third-order valence-electron chi connectivity index (χ3n) is 8.82. The molecule has 232 valence electrons. The Labute approximate surface area is 260 Å². The number of nitrogens with zero attached hydrogens (tertiary/aromatic N) is 1. The number of benzene rings is 3. The molecule has 0 radical (unpaired) electrons. The number of nitrogens with one attached hydrogen (secondary N) is 1. The first-order valence-electron chi connectivity index (χ1n) is 16.1. The van der Waals surface area contributed by atoms with Gasteiger partial charge in [0.25, 0.3) is 5.91 Å². The first-order valence-corrected chi connectivity index (χ1v) is 18.5. The Morgan fingerprint density at radius 2 is 1.65 bits per heavy atom. The van der Waals surface area contributed by atoms with Crippen molar-refractivity contribution in [3.8, 4) is 28.4 Å². The van der Waals surface area contributed by atoms with Crippen LogP contribution in [-0.4, -0.2) is 66.1 Å². The maximum atomic E-state index is 12.8. The van der Waals surface area contributed by atoms with Crippen molar-refractivity contribution in [2.75, 3.05) is 40.4 Å². The van der Waals surface area contributed by atoms with Crippen molar-refractivity contribution < 1.29 is 19.0 Å². The van der Waals surface area contributed by atoms with Crippen molar-refractivity contribution in [1.29, 1.82) is 0 Å². The average Bonchev–Trinajstić information content (AvgIpc) is 3.72. The van der Waals surface area contributed by atoms with E-state index < -0.39 is 0 Å².